The van der Waals surface area contributed by atoms with Crippen LogP contribution in [0.4, 0.5) is 0 Å². The number of Topliss-reactive ketones (excluding diaryl/α,β-unsaturated/α-hetero) is 1. The summed E-state index contributed by atoms with van der Waals surface area (Å²) in [5.41, 5.74) is 2.49. The van der Waals surface area contributed by atoms with Gasteiger partial charge < -0.3 is 9.47 Å². The molecule has 0 amide bonds. The Balaban J connectivity index is 2.17. The van der Waals surface area contributed by atoms with Crippen LogP contribution in [-0.4, -0.2) is 19.5 Å². The Morgan fingerprint density at radius 1 is 1.19 bits per heavy atom. The minimum Gasteiger partial charge on any atom is -0.496 e. The maximum absolute atomic E-state index is 12.4. The zero-order valence-corrected chi connectivity index (χ0v) is 13.0. The summed E-state index contributed by atoms with van der Waals surface area (Å²) in [7, 11) is 1.56. The number of carbonyl (C=O) groups is 1. The first-order valence-corrected chi connectivity index (χ1v) is 6.96. The molecule has 2 rings (SSSR count). The monoisotopic (exact) mass is 304 g/mol. The molecule has 0 saturated carbocycles. The number of hydrogen-bond donors (Lipinski definition) is 0. The first kappa shape index (κ1) is 15.4. The van der Waals surface area contributed by atoms with Crippen LogP contribution in [0.15, 0.2) is 36.4 Å². The molecule has 0 saturated heterocycles. The Labute approximate surface area is 129 Å². The lowest BCUT2D eigenvalue weighted by atomic mass is 10.0. The number of halogens is 1. The van der Waals surface area contributed by atoms with Gasteiger partial charge in [0.05, 0.1) is 12.7 Å². The van der Waals surface area contributed by atoms with Crippen molar-refractivity contribution in [3.63, 3.8) is 0 Å². The van der Waals surface area contributed by atoms with Crippen molar-refractivity contribution < 1.29 is 14.3 Å². The maximum atomic E-state index is 12.4. The van der Waals surface area contributed by atoms with Crippen molar-refractivity contribution in [1.29, 1.82) is 0 Å². The average molecular weight is 305 g/mol. The van der Waals surface area contributed by atoms with Crippen molar-refractivity contribution in [3.8, 4) is 11.5 Å². The quantitative estimate of drug-likeness (QED) is 0.776. The van der Waals surface area contributed by atoms with Gasteiger partial charge in [-0.25, -0.2) is 0 Å². The van der Waals surface area contributed by atoms with E-state index in [9.17, 15) is 4.79 Å². The average Bonchev–Trinajstić information content (AvgIpc) is 2.44. The van der Waals surface area contributed by atoms with Gasteiger partial charge in [0.15, 0.2) is 6.61 Å². The second-order valence-electron chi connectivity index (χ2n) is 4.83. The number of carbonyl (C=O) groups excluding carboxylic acids is 1. The zero-order valence-electron chi connectivity index (χ0n) is 12.3. The summed E-state index contributed by atoms with van der Waals surface area (Å²) in [5.74, 6) is 1.02. The molecular weight excluding hydrogens is 288 g/mol. The molecule has 0 bridgehead atoms. The van der Waals surface area contributed by atoms with Gasteiger partial charge in [0.2, 0.25) is 5.78 Å². The van der Waals surface area contributed by atoms with E-state index in [0.717, 1.165) is 11.1 Å². The predicted octanol–water partition coefficient (Wildman–Crippen LogP) is 4.23. The van der Waals surface area contributed by atoms with Gasteiger partial charge in [0.25, 0.3) is 0 Å². The summed E-state index contributed by atoms with van der Waals surface area (Å²) in [6.45, 7) is 3.80. The van der Waals surface area contributed by atoms with Crippen LogP contribution in [0.5, 0.6) is 11.5 Å². The first-order chi connectivity index (χ1) is 10.0. The minimum atomic E-state index is -0.121. The topological polar surface area (TPSA) is 35.5 Å². The standard InChI is InChI=1S/C17H17ClO3/c1-11-7-12(2)17(16(8-11)20-3)15(19)10-21-14-6-4-5-13(18)9-14/h4-9H,10H2,1-3H3. The van der Waals surface area contributed by atoms with Crippen LogP contribution in [0.1, 0.15) is 21.5 Å². The molecule has 4 heteroatoms. The van der Waals surface area contributed by atoms with E-state index >= 15 is 0 Å². The molecule has 0 aliphatic heterocycles. The number of hydrogen-bond acceptors (Lipinski definition) is 3. The Morgan fingerprint density at radius 3 is 2.62 bits per heavy atom. The molecule has 2 aromatic rings. The second-order valence-corrected chi connectivity index (χ2v) is 5.26. The largest absolute Gasteiger partial charge is 0.496 e. The van der Waals surface area contributed by atoms with Crippen molar-refractivity contribution >= 4 is 17.4 Å². The highest BCUT2D eigenvalue weighted by molar-refractivity contribution is 6.30. The van der Waals surface area contributed by atoms with E-state index in [4.69, 9.17) is 21.1 Å². The van der Waals surface area contributed by atoms with Crippen LogP contribution in [0.3, 0.4) is 0 Å². The van der Waals surface area contributed by atoms with Crippen molar-refractivity contribution in [2.45, 2.75) is 13.8 Å². The lowest BCUT2D eigenvalue weighted by Gasteiger charge is -2.13. The molecule has 0 aromatic heterocycles. The number of methoxy groups -OCH3 is 1. The highest BCUT2D eigenvalue weighted by Gasteiger charge is 2.16. The normalized spacial score (nSPS) is 10.3. The smallest absolute Gasteiger partial charge is 0.204 e. The second kappa shape index (κ2) is 6.64. The van der Waals surface area contributed by atoms with Gasteiger partial charge in [-0.3, -0.25) is 4.79 Å². The third-order valence-electron chi connectivity index (χ3n) is 3.11. The Kier molecular flexibility index (Phi) is 4.86. The van der Waals surface area contributed by atoms with E-state index in [1.54, 1.807) is 31.4 Å². The fraction of sp³-hybridized carbons (Fsp3) is 0.235. The van der Waals surface area contributed by atoms with Crippen molar-refractivity contribution in [1.82, 2.24) is 0 Å². The number of aryl methyl sites for hydroxylation is 2. The summed E-state index contributed by atoms with van der Waals surface area (Å²) in [4.78, 5) is 12.4. The lowest BCUT2D eigenvalue weighted by molar-refractivity contribution is 0.0918. The summed E-state index contributed by atoms with van der Waals surface area (Å²) in [6.07, 6.45) is 0. The summed E-state index contributed by atoms with van der Waals surface area (Å²) in [5, 5.41) is 0.573. The van der Waals surface area contributed by atoms with Crippen LogP contribution in [-0.2, 0) is 0 Å². The summed E-state index contributed by atoms with van der Waals surface area (Å²) in [6, 6.07) is 10.8. The number of ketones is 1. The van der Waals surface area contributed by atoms with Crippen LogP contribution in [0, 0.1) is 13.8 Å². The van der Waals surface area contributed by atoms with Crippen LogP contribution in [0.25, 0.3) is 0 Å². The molecule has 21 heavy (non-hydrogen) atoms. The Bertz CT molecular complexity index is 665. The SMILES string of the molecule is COc1cc(C)cc(C)c1C(=O)COc1cccc(Cl)c1. The van der Waals surface area contributed by atoms with E-state index < -0.39 is 0 Å². The molecule has 0 fully saturated rings. The predicted molar refractivity (Wildman–Crippen MR) is 83.7 cm³/mol. The number of benzene rings is 2. The lowest BCUT2D eigenvalue weighted by Crippen LogP contribution is -2.14. The minimum absolute atomic E-state index is 0.0550. The van der Waals surface area contributed by atoms with Gasteiger partial charge in [-0.1, -0.05) is 23.7 Å². The molecule has 0 aliphatic rings. The first-order valence-electron chi connectivity index (χ1n) is 6.58. The molecule has 0 radical (unpaired) electrons. The van der Waals surface area contributed by atoms with Gasteiger partial charge in [-0.05, 0) is 49.2 Å². The van der Waals surface area contributed by atoms with Gasteiger partial charge in [0.1, 0.15) is 11.5 Å². The van der Waals surface area contributed by atoms with E-state index in [1.807, 2.05) is 26.0 Å². The van der Waals surface area contributed by atoms with E-state index in [0.29, 0.717) is 22.1 Å². The third kappa shape index (κ3) is 3.76. The molecular formula is C17H17ClO3. The van der Waals surface area contributed by atoms with Crippen LogP contribution >= 0.6 is 11.6 Å². The highest BCUT2D eigenvalue weighted by Crippen LogP contribution is 2.25. The van der Waals surface area contributed by atoms with Crippen molar-refractivity contribution in [2.75, 3.05) is 13.7 Å². The molecule has 3 nitrogen and oxygen atoms in total. The fourth-order valence-electron chi connectivity index (χ4n) is 2.22. The van der Waals surface area contributed by atoms with E-state index in [1.165, 1.54) is 0 Å². The highest BCUT2D eigenvalue weighted by atomic mass is 35.5. The van der Waals surface area contributed by atoms with Gasteiger partial charge in [-0.15, -0.1) is 0 Å². The molecule has 2 aromatic carbocycles. The van der Waals surface area contributed by atoms with Crippen molar-refractivity contribution in [2.24, 2.45) is 0 Å². The third-order valence-corrected chi connectivity index (χ3v) is 3.34. The maximum Gasteiger partial charge on any atom is 0.204 e. The fourth-order valence-corrected chi connectivity index (χ4v) is 2.41. The van der Waals surface area contributed by atoms with Gasteiger partial charge >= 0.3 is 0 Å². The van der Waals surface area contributed by atoms with E-state index in [-0.39, 0.29) is 12.4 Å². The molecule has 0 heterocycles. The zero-order chi connectivity index (χ0) is 15.4. The molecule has 0 atom stereocenters. The number of ether oxygens (including phenoxy) is 2. The molecule has 0 spiro atoms. The Hall–Kier alpha value is -2.00. The van der Waals surface area contributed by atoms with E-state index in [2.05, 4.69) is 0 Å². The van der Waals surface area contributed by atoms with Gasteiger partial charge in [-0.2, -0.15) is 0 Å². The van der Waals surface area contributed by atoms with Crippen LogP contribution < -0.4 is 9.47 Å². The summed E-state index contributed by atoms with van der Waals surface area (Å²) < 4.78 is 10.8. The summed E-state index contributed by atoms with van der Waals surface area (Å²) >= 11 is 5.88. The molecule has 0 N–H and O–H groups in total. The molecule has 0 aliphatic carbocycles. The number of rotatable bonds is 5. The molecule has 0 unspecified atom stereocenters. The Morgan fingerprint density at radius 2 is 1.95 bits per heavy atom. The van der Waals surface area contributed by atoms with Crippen LogP contribution in [0.2, 0.25) is 5.02 Å². The van der Waals surface area contributed by atoms with Crippen molar-refractivity contribution in [3.05, 3.63) is 58.1 Å². The van der Waals surface area contributed by atoms with Gasteiger partial charge in [0, 0.05) is 5.02 Å². The molecule has 110 valence electrons.